The van der Waals surface area contributed by atoms with Gasteiger partial charge in [0.2, 0.25) is 6.29 Å². The Balaban J connectivity index is 1.44. The number of hydrogen-bond donors (Lipinski definition) is 6. The Morgan fingerprint density at radius 1 is 0.846 bits per heavy atom. The van der Waals surface area contributed by atoms with Gasteiger partial charge in [-0.1, -0.05) is 24.3 Å². The lowest BCUT2D eigenvalue weighted by Gasteiger charge is -2.39. The van der Waals surface area contributed by atoms with Crippen molar-refractivity contribution < 1.29 is 54.4 Å². The topological polar surface area (TPSA) is 175 Å². The smallest absolute Gasteiger partial charge is 0.338 e. The number of aliphatic hydroxyl groups is 3. The highest BCUT2D eigenvalue weighted by atomic mass is 16.7. The summed E-state index contributed by atoms with van der Waals surface area (Å²) in [5.74, 6) is -0.817. The molecule has 0 spiro atoms. The van der Waals surface area contributed by atoms with E-state index >= 15 is 0 Å². The number of carbonyl (C=O) groups excluding carboxylic acids is 1. The predicted octanol–water partition coefficient (Wildman–Crippen LogP) is 2.03. The van der Waals surface area contributed by atoms with Crippen LogP contribution in [0.15, 0.2) is 60.7 Å². The van der Waals surface area contributed by atoms with E-state index in [1.54, 1.807) is 30.4 Å². The molecule has 6 N–H and O–H groups in total. The molecule has 0 amide bonds. The van der Waals surface area contributed by atoms with Gasteiger partial charge < -0.3 is 49.6 Å². The van der Waals surface area contributed by atoms with Crippen LogP contribution in [0.2, 0.25) is 0 Å². The van der Waals surface area contributed by atoms with Crippen LogP contribution < -0.4 is 9.47 Å². The van der Waals surface area contributed by atoms with Gasteiger partial charge in [-0.2, -0.15) is 0 Å². The molecule has 0 aliphatic carbocycles. The number of phenols is 3. The van der Waals surface area contributed by atoms with E-state index in [1.165, 1.54) is 49.6 Å². The van der Waals surface area contributed by atoms with Gasteiger partial charge in [0.15, 0.2) is 11.5 Å². The lowest BCUT2D eigenvalue weighted by atomic mass is 9.99. The minimum atomic E-state index is -1.69. The summed E-state index contributed by atoms with van der Waals surface area (Å²) in [6, 6.07) is 14.6. The Hall–Kier alpha value is -4.29. The minimum absolute atomic E-state index is 0.0637. The van der Waals surface area contributed by atoms with E-state index in [9.17, 15) is 35.4 Å². The maximum Gasteiger partial charge on any atom is 0.338 e. The molecule has 1 aliphatic rings. The fraction of sp³-hybridized carbons (Fsp3) is 0.250. The molecule has 206 valence electrons. The lowest BCUT2D eigenvalue weighted by molar-refractivity contribution is -0.277. The summed E-state index contributed by atoms with van der Waals surface area (Å²) in [6.45, 7) is -0.493. The van der Waals surface area contributed by atoms with Gasteiger partial charge in [0.05, 0.1) is 12.7 Å². The van der Waals surface area contributed by atoms with Gasteiger partial charge in [-0.15, -0.1) is 0 Å². The summed E-state index contributed by atoms with van der Waals surface area (Å²) in [7, 11) is 1.32. The first-order chi connectivity index (χ1) is 18.6. The zero-order chi connectivity index (χ0) is 28.1. The summed E-state index contributed by atoms with van der Waals surface area (Å²) >= 11 is 0. The van der Waals surface area contributed by atoms with Gasteiger partial charge in [0.1, 0.15) is 48.3 Å². The van der Waals surface area contributed by atoms with Crippen LogP contribution in [0.1, 0.15) is 21.5 Å². The van der Waals surface area contributed by atoms with Crippen LogP contribution in [-0.4, -0.2) is 81.0 Å². The average molecular weight is 541 g/mol. The summed E-state index contributed by atoms with van der Waals surface area (Å²) in [4.78, 5) is 12.5. The maximum absolute atomic E-state index is 12.5. The Bertz CT molecular complexity index is 1320. The lowest BCUT2D eigenvalue weighted by Crippen LogP contribution is -2.60. The number of aliphatic hydroxyl groups excluding tert-OH is 3. The van der Waals surface area contributed by atoms with Gasteiger partial charge >= 0.3 is 5.97 Å². The van der Waals surface area contributed by atoms with Crippen molar-refractivity contribution in [1.29, 1.82) is 0 Å². The SMILES string of the molecule is COc1cc(C(=O)OC[C@H]2O[C@@H](Oc3cc(O)cc(/C=C/c4ccc(O)cc4)c3)[C@H](O)[C@@H](O)[C@@H]2O)ccc1O. The molecular formula is C28H28O11. The molecule has 11 heteroatoms. The Morgan fingerprint density at radius 2 is 1.56 bits per heavy atom. The Kier molecular flexibility index (Phi) is 8.57. The monoisotopic (exact) mass is 540 g/mol. The van der Waals surface area contributed by atoms with Crippen molar-refractivity contribution in [3.05, 3.63) is 77.4 Å². The predicted molar refractivity (Wildman–Crippen MR) is 137 cm³/mol. The molecule has 0 unspecified atom stereocenters. The number of hydrogen-bond acceptors (Lipinski definition) is 11. The highest BCUT2D eigenvalue weighted by Gasteiger charge is 2.45. The minimum Gasteiger partial charge on any atom is -0.508 e. The fourth-order valence-electron chi connectivity index (χ4n) is 3.88. The zero-order valence-corrected chi connectivity index (χ0v) is 20.7. The number of phenolic OH excluding ortho intramolecular Hbond substituents is 3. The van der Waals surface area contributed by atoms with Crippen molar-refractivity contribution in [2.75, 3.05) is 13.7 Å². The molecule has 3 aromatic carbocycles. The number of benzene rings is 3. The van der Waals surface area contributed by atoms with E-state index in [2.05, 4.69) is 0 Å². The number of carbonyl (C=O) groups is 1. The van der Waals surface area contributed by atoms with Crippen LogP contribution in [0.3, 0.4) is 0 Å². The molecule has 0 radical (unpaired) electrons. The van der Waals surface area contributed by atoms with Crippen molar-refractivity contribution in [3.63, 3.8) is 0 Å². The maximum atomic E-state index is 12.5. The van der Waals surface area contributed by atoms with Crippen LogP contribution in [0.5, 0.6) is 28.7 Å². The highest BCUT2D eigenvalue weighted by molar-refractivity contribution is 5.90. The van der Waals surface area contributed by atoms with Crippen molar-refractivity contribution in [2.24, 2.45) is 0 Å². The number of esters is 1. The number of methoxy groups -OCH3 is 1. The second-order valence-electron chi connectivity index (χ2n) is 8.80. The first-order valence-corrected chi connectivity index (χ1v) is 11.9. The standard InChI is InChI=1S/C28H28O11/c1-36-22-12-17(6-9-21(22)31)27(35)37-14-23-24(32)25(33)26(34)28(39-23)38-20-11-16(10-19(30)13-20)3-2-15-4-7-18(29)8-5-15/h2-13,23-26,28-34H,14H2,1H3/b3-2+/t23-,24-,25+,26-,28-/m1/s1. The van der Waals surface area contributed by atoms with E-state index in [4.69, 9.17) is 18.9 Å². The first kappa shape index (κ1) is 27.7. The molecular weight excluding hydrogens is 512 g/mol. The van der Waals surface area contributed by atoms with Crippen molar-refractivity contribution in [2.45, 2.75) is 30.7 Å². The zero-order valence-electron chi connectivity index (χ0n) is 20.7. The molecule has 1 aliphatic heterocycles. The van der Waals surface area contributed by atoms with Gasteiger partial charge in [0, 0.05) is 6.07 Å². The molecule has 0 bridgehead atoms. The van der Waals surface area contributed by atoms with Crippen LogP contribution >= 0.6 is 0 Å². The molecule has 3 aromatic rings. The number of ether oxygens (including phenoxy) is 4. The van der Waals surface area contributed by atoms with E-state index < -0.39 is 43.3 Å². The van der Waals surface area contributed by atoms with Gasteiger partial charge in [0.25, 0.3) is 0 Å². The van der Waals surface area contributed by atoms with Gasteiger partial charge in [-0.05, 0) is 53.6 Å². The van der Waals surface area contributed by atoms with E-state index in [0.717, 1.165) is 5.56 Å². The summed E-state index contributed by atoms with van der Waals surface area (Å²) in [5.41, 5.74) is 1.40. The first-order valence-electron chi connectivity index (χ1n) is 11.9. The third-order valence-corrected chi connectivity index (χ3v) is 5.99. The largest absolute Gasteiger partial charge is 0.508 e. The summed E-state index contributed by atoms with van der Waals surface area (Å²) in [5, 5.41) is 60.4. The summed E-state index contributed by atoms with van der Waals surface area (Å²) in [6.07, 6.45) is -4.25. The number of aromatic hydroxyl groups is 3. The van der Waals surface area contributed by atoms with Gasteiger partial charge in [-0.3, -0.25) is 0 Å². The third kappa shape index (κ3) is 6.78. The molecule has 0 saturated carbocycles. The molecule has 5 atom stereocenters. The molecule has 0 aromatic heterocycles. The molecule has 39 heavy (non-hydrogen) atoms. The van der Waals surface area contributed by atoms with Crippen LogP contribution in [0, 0.1) is 0 Å². The van der Waals surface area contributed by atoms with Crippen LogP contribution in [0.25, 0.3) is 12.2 Å². The molecule has 1 saturated heterocycles. The quantitative estimate of drug-likeness (QED) is 0.182. The number of rotatable bonds is 8. The summed E-state index contributed by atoms with van der Waals surface area (Å²) < 4.78 is 21.5. The highest BCUT2D eigenvalue weighted by Crippen LogP contribution is 2.30. The molecule has 4 rings (SSSR count). The van der Waals surface area contributed by atoms with E-state index in [0.29, 0.717) is 5.56 Å². The van der Waals surface area contributed by atoms with Crippen molar-refractivity contribution >= 4 is 18.1 Å². The Labute approximate surface area is 223 Å². The third-order valence-electron chi connectivity index (χ3n) is 5.99. The van der Waals surface area contributed by atoms with Crippen LogP contribution in [-0.2, 0) is 9.47 Å². The molecule has 1 fully saturated rings. The van der Waals surface area contributed by atoms with E-state index in [1.807, 2.05) is 0 Å². The second-order valence-corrected chi connectivity index (χ2v) is 8.80. The van der Waals surface area contributed by atoms with E-state index in [-0.39, 0.29) is 34.3 Å². The molecule has 11 nitrogen and oxygen atoms in total. The normalized spacial score (nSPS) is 22.9. The Morgan fingerprint density at radius 3 is 2.28 bits per heavy atom. The van der Waals surface area contributed by atoms with Crippen molar-refractivity contribution in [1.82, 2.24) is 0 Å². The fourth-order valence-corrected chi connectivity index (χ4v) is 3.88. The second kappa shape index (κ2) is 12.0. The molecule has 1 heterocycles. The van der Waals surface area contributed by atoms with Crippen molar-refractivity contribution in [3.8, 4) is 28.7 Å². The van der Waals surface area contributed by atoms with Gasteiger partial charge in [-0.25, -0.2) is 4.79 Å². The van der Waals surface area contributed by atoms with Crippen LogP contribution in [0.4, 0.5) is 0 Å². The average Bonchev–Trinajstić information content (AvgIpc) is 2.92.